The van der Waals surface area contributed by atoms with Crippen LogP contribution in [0.25, 0.3) is 0 Å². The van der Waals surface area contributed by atoms with Gasteiger partial charge in [-0.25, -0.2) is 0 Å². The molecule has 0 saturated carbocycles. The molecule has 0 saturated heterocycles. The standard InChI is InChI=1S/C6H5F3N4/c7-6(8,9)4-2-1-3(5(10)11)12-13-4/h1-2H,(H3,10,11). The summed E-state index contributed by atoms with van der Waals surface area (Å²) in [6.07, 6.45) is -4.51. The van der Waals surface area contributed by atoms with Crippen LogP contribution in [0.2, 0.25) is 0 Å². The molecule has 0 aliphatic rings. The highest BCUT2D eigenvalue weighted by atomic mass is 19.4. The summed E-state index contributed by atoms with van der Waals surface area (Å²) in [4.78, 5) is 0. The van der Waals surface area contributed by atoms with E-state index in [2.05, 4.69) is 10.2 Å². The Hall–Kier alpha value is -1.66. The fourth-order valence-electron chi connectivity index (χ4n) is 0.627. The Labute approximate surface area is 71.1 Å². The zero-order chi connectivity index (χ0) is 10.1. The van der Waals surface area contributed by atoms with E-state index in [0.29, 0.717) is 0 Å². The molecule has 0 amide bonds. The van der Waals surface area contributed by atoms with Gasteiger partial charge in [0.25, 0.3) is 0 Å². The summed E-state index contributed by atoms with van der Waals surface area (Å²) in [7, 11) is 0. The Morgan fingerprint density at radius 3 is 2.23 bits per heavy atom. The summed E-state index contributed by atoms with van der Waals surface area (Å²) in [5.41, 5.74) is 3.80. The maximum atomic E-state index is 11.9. The number of nitrogen functional groups attached to an aromatic ring is 1. The van der Waals surface area contributed by atoms with E-state index in [-0.39, 0.29) is 5.69 Å². The smallest absolute Gasteiger partial charge is 0.382 e. The fourth-order valence-corrected chi connectivity index (χ4v) is 0.627. The Bertz CT molecular complexity index is 316. The number of aromatic nitrogens is 2. The van der Waals surface area contributed by atoms with Crippen LogP contribution in [0.3, 0.4) is 0 Å². The number of nitrogens with zero attached hydrogens (tertiary/aromatic N) is 2. The predicted octanol–water partition coefficient (Wildman–Crippen LogP) is 0.779. The van der Waals surface area contributed by atoms with Crippen LogP contribution in [0.5, 0.6) is 0 Å². The molecule has 1 aromatic rings. The molecule has 0 unspecified atom stereocenters. The number of amidine groups is 1. The van der Waals surface area contributed by atoms with Crippen molar-refractivity contribution < 1.29 is 13.2 Å². The molecule has 0 aliphatic heterocycles. The Kier molecular flexibility index (Phi) is 2.18. The second kappa shape index (κ2) is 3.00. The molecule has 7 heteroatoms. The van der Waals surface area contributed by atoms with Gasteiger partial charge in [0, 0.05) is 0 Å². The van der Waals surface area contributed by atoms with Crippen LogP contribution in [-0.4, -0.2) is 16.0 Å². The van der Waals surface area contributed by atoms with E-state index >= 15 is 0 Å². The van der Waals surface area contributed by atoms with Crippen LogP contribution in [0, 0.1) is 5.41 Å². The van der Waals surface area contributed by atoms with Crippen molar-refractivity contribution in [1.29, 1.82) is 5.41 Å². The van der Waals surface area contributed by atoms with Gasteiger partial charge in [0.1, 0.15) is 11.5 Å². The lowest BCUT2D eigenvalue weighted by atomic mass is 10.3. The first-order valence-corrected chi connectivity index (χ1v) is 3.16. The summed E-state index contributed by atoms with van der Waals surface area (Å²) in [6, 6.07) is 1.72. The average molecular weight is 190 g/mol. The molecule has 0 fully saturated rings. The van der Waals surface area contributed by atoms with Crippen molar-refractivity contribution in [2.75, 3.05) is 0 Å². The summed E-state index contributed by atoms with van der Waals surface area (Å²) in [6.45, 7) is 0. The van der Waals surface area contributed by atoms with Gasteiger partial charge >= 0.3 is 6.18 Å². The number of rotatable bonds is 1. The second-order valence-corrected chi connectivity index (χ2v) is 2.22. The lowest BCUT2D eigenvalue weighted by Gasteiger charge is -2.03. The third kappa shape index (κ3) is 2.14. The lowest BCUT2D eigenvalue weighted by Crippen LogP contribution is -2.16. The molecule has 1 aromatic heterocycles. The normalized spacial score (nSPS) is 11.3. The second-order valence-electron chi connectivity index (χ2n) is 2.22. The maximum Gasteiger partial charge on any atom is 0.435 e. The van der Waals surface area contributed by atoms with Gasteiger partial charge in [-0.2, -0.15) is 13.2 Å². The Morgan fingerprint density at radius 2 is 1.92 bits per heavy atom. The van der Waals surface area contributed by atoms with Crippen LogP contribution in [0.4, 0.5) is 13.2 Å². The maximum absolute atomic E-state index is 11.9. The number of hydrogen-bond acceptors (Lipinski definition) is 3. The lowest BCUT2D eigenvalue weighted by molar-refractivity contribution is -0.141. The molecule has 13 heavy (non-hydrogen) atoms. The van der Waals surface area contributed by atoms with Gasteiger partial charge in [0.15, 0.2) is 5.69 Å². The summed E-state index contributed by atoms with van der Waals surface area (Å²) >= 11 is 0. The van der Waals surface area contributed by atoms with Crippen LogP contribution < -0.4 is 5.73 Å². The third-order valence-corrected chi connectivity index (χ3v) is 1.23. The highest BCUT2D eigenvalue weighted by molar-refractivity contribution is 5.92. The van der Waals surface area contributed by atoms with Crippen molar-refractivity contribution in [1.82, 2.24) is 10.2 Å². The highest BCUT2D eigenvalue weighted by Gasteiger charge is 2.32. The summed E-state index contributed by atoms with van der Waals surface area (Å²) in [5, 5.41) is 12.9. The Morgan fingerprint density at radius 1 is 1.31 bits per heavy atom. The minimum atomic E-state index is -4.51. The van der Waals surface area contributed by atoms with Gasteiger partial charge < -0.3 is 5.73 Å². The first-order chi connectivity index (χ1) is 5.91. The van der Waals surface area contributed by atoms with E-state index in [1.54, 1.807) is 0 Å². The van der Waals surface area contributed by atoms with E-state index in [4.69, 9.17) is 11.1 Å². The molecule has 3 N–H and O–H groups in total. The molecule has 0 bridgehead atoms. The van der Waals surface area contributed by atoms with Crippen molar-refractivity contribution in [3.8, 4) is 0 Å². The first-order valence-electron chi connectivity index (χ1n) is 3.16. The average Bonchev–Trinajstić information content (AvgIpc) is 2.03. The van der Waals surface area contributed by atoms with Crippen molar-refractivity contribution in [2.24, 2.45) is 5.73 Å². The van der Waals surface area contributed by atoms with Crippen molar-refractivity contribution in [2.45, 2.75) is 6.18 Å². The fraction of sp³-hybridized carbons (Fsp3) is 0.167. The number of nitrogens with two attached hydrogens (primary N) is 1. The van der Waals surface area contributed by atoms with E-state index in [9.17, 15) is 13.2 Å². The Balaban J connectivity index is 3.01. The van der Waals surface area contributed by atoms with E-state index in [1.165, 1.54) is 0 Å². The number of nitrogens with one attached hydrogen (secondary N) is 1. The molecule has 1 rings (SSSR count). The highest BCUT2D eigenvalue weighted by Crippen LogP contribution is 2.26. The molecule has 0 aromatic carbocycles. The van der Waals surface area contributed by atoms with Crippen LogP contribution in [-0.2, 0) is 6.18 Å². The van der Waals surface area contributed by atoms with Crippen molar-refractivity contribution in [3.63, 3.8) is 0 Å². The largest absolute Gasteiger partial charge is 0.435 e. The van der Waals surface area contributed by atoms with Gasteiger partial charge in [0.05, 0.1) is 0 Å². The summed E-state index contributed by atoms with van der Waals surface area (Å²) < 4.78 is 35.8. The zero-order valence-electron chi connectivity index (χ0n) is 6.26. The van der Waals surface area contributed by atoms with Crippen molar-refractivity contribution >= 4 is 5.84 Å². The van der Waals surface area contributed by atoms with Crippen LogP contribution >= 0.6 is 0 Å². The van der Waals surface area contributed by atoms with E-state index in [0.717, 1.165) is 12.1 Å². The van der Waals surface area contributed by atoms with Gasteiger partial charge in [-0.1, -0.05) is 0 Å². The van der Waals surface area contributed by atoms with Gasteiger partial charge in [0.2, 0.25) is 0 Å². The SMILES string of the molecule is N=C(N)c1ccc(C(F)(F)F)nn1. The number of halogens is 3. The van der Waals surface area contributed by atoms with Crippen molar-refractivity contribution in [3.05, 3.63) is 23.5 Å². The molecular weight excluding hydrogens is 185 g/mol. The first kappa shape index (κ1) is 9.43. The molecule has 70 valence electrons. The molecule has 0 spiro atoms. The molecule has 0 radical (unpaired) electrons. The van der Waals surface area contributed by atoms with E-state index < -0.39 is 17.7 Å². The molecular formula is C6H5F3N4. The molecule has 4 nitrogen and oxygen atoms in total. The zero-order valence-corrected chi connectivity index (χ0v) is 6.26. The molecule has 0 aliphatic carbocycles. The number of alkyl halides is 3. The predicted molar refractivity (Wildman–Crippen MR) is 38.1 cm³/mol. The molecule has 0 atom stereocenters. The minimum Gasteiger partial charge on any atom is -0.382 e. The molecule has 1 heterocycles. The summed E-state index contributed by atoms with van der Waals surface area (Å²) in [5.74, 6) is -0.416. The number of hydrogen-bond donors (Lipinski definition) is 2. The quantitative estimate of drug-likeness (QED) is 0.507. The van der Waals surface area contributed by atoms with E-state index in [1.807, 2.05) is 0 Å². The van der Waals surface area contributed by atoms with Gasteiger partial charge in [-0.3, -0.25) is 5.41 Å². The van der Waals surface area contributed by atoms with Gasteiger partial charge in [-0.15, -0.1) is 10.2 Å². The van der Waals surface area contributed by atoms with Crippen LogP contribution in [0.15, 0.2) is 12.1 Å². The van der Waals surface area contributed by atoms with Crippen LogP contribution in [0.1, 0.15) is 11.4 Å². The topological polar surface area (TPSA) is 75.7 Å². The minimum absolute atomic E-state index is 0.0759. The third-order valence-electron chi connectivity index (χ3n) is 1.23. The van der Waals surface area contributed by atoms with Gasteiger partial charge in [-0.05, 0) is 12.1 Å². The monoisotopic (exact) mass is 190 g/mol.